The molecule has 17 heavy (non-hydrogen) atoms. The van der Waals surface area contributed by atoms with Crippen LogP contribution in [-0.2, 0) is 0 Å². The van der Waals surface area contributed by atoms with Crippen LogP contribution in [0.25, 0.3) is 0 Å². The molecule has 3 heterocycles. The lowest BCUT2D eigenvalue weighted by atomic mass is 9.91. The Morgan fingerprint density at radius 1 is 1.18 bits per heavy atom. The van der Waals surface area contributed by atoms with E-state index in [4.69, 9.17) is 5.73 Å². The zero-order chi connectivity index (χ0) is 11.7. The van der Waals surface area contributed by atoms with Crippen LogP contribution in [0.15, 0.2) is 43.1 Å². The van der Waals surface area contributed by atoms with E-state index in [9.17, 15) is 0 Å². The van der Waals surface area contributed by atoms with Crippen molar-refractivity contribution in [3.8, 4) is 0 Å². The smallest absolute Gasteiger partial charge is 0.147 e. The van der Waals surface area contributed by atoms with E-state index < -0.39 is 0 Å². The Morgan fingerprint density at radius 3 is 2.71 bits per heavy atom. The molecule has 2 N–H and O–H groups in total. The van der Waals surface area contributed by atoms with E-state index in [0.29, 0.717) is 0 Å². The van der Waals surface area contributed by atoms with Crippen LogP contribution in [0.4, 0.5) is 5.82 Å². The number of hydrogen-bond acceptors (Lipinski definition) is 5. The van der Waals surface area contributed by atoms with E-state index in [1.54, 1.807) is 24.8 Å². The number of pyridine rings is 1. The molecule has 0 saturated carbocycles. The SMILES string of the molecule is NC1CN(c2cnccn2)C1c1cccnc1. The topological polar surface area (TPSA) is 67.9 Å². The first-order valence-corrected chi connectivity index (χ1v) is 5.54. The molecular formula is C12H13N5. The molecule has 3 rings (SSSR count). The van der Waals surface area contributed by atoms with Gasteiger partial charge in [0, 0.05) is 37.4 Å². The van der Waals surface area contributed by atoms with Crippen LogP contribution < -0.4 is 10.6 Å². The van der Waals surface area contributed by atoms with Gasteiger partial charge in [-0.2, -0.15) is 0 Å². The molecule has 1 fully saturated rings. The Morgan fingerprint density at radius 2 is 2.06 bits per heavy atom. The molecule has 0 bridgehead atoms. The van der Waals surface area contributed by atoms with Gasteiger partial charge in [-0.3, -0.25) is 9.97 Å². The molecule has 1 saturated heterocycles. The summed E-state index contributed by atoms with van der Waals surface area (Å²) >= 11 is 0. The highest BCUT2D eigenvalue weighted by Crippen LogP contribution is 2.34. The number of aromatic nitrogens is 3. The van der Waals surface area contributed by atoms with Crippen molar-refractivity contribution in [3.05, 3.63) is 48.7 Å². The van der Waals surface area contributed by atoms with E-state index >= 15 is 0 Å². The molecule has 0 radical (unpaired) electrons. The number of rotatable bonds is 2. The van der Waals surface area contributed by atoms with Crippen molar-refractivity contribution >= 4 is 5.82 Å². The van der Waals surface area contributed by atoms with Gasteiger partial charge in [0.25, 0.3) is 0 Å². The first kappa shape index (κ1) is 10.2. The van der Waals surface area contributed by atoms with Gasteiger partial charge in [0.05, 0.1) is 12.2 Å². The van der Waals surface area contributed by atoms with Crippen molar-refractivity contribution in [1.29, 1.82) is 0 Å². The Balaban J connectivity index is 1.89. The van der Waals surface area contributed by atoms with Crippen LogP contribution in [0.1, 0.15) is 11.6 Å². The summed E-state index contributed by atoms with van der Waals surface area (Å²) in [7, 11) is 0. The van der Waals surface area contributed by atoms with Crippen molar-refractivity contribution < 1.29 is 0 Å². The molecule has 1 aliphatic heterocycles. The van der Waals surface area contributed by atoms with Gasteiger partial charge in [0.2, 0.25) is 0 Å². The van der Waals surface area contributed by atoms with Gasteiger partial charge in [-0.1, -0.05) is 6.07 Å². The summed E-state index contributed by atoms with van der Waals surface area (Å²) < 4.78 is 0. The maximum Gasteiger partial charge on any atom is 0.147 e. The van der Waals surface area contributed by atoms with Crippen LogP contribution in [-0.4, -0.2) is 27.5 Å². The van der Waals surface area contributed by atoms with Gasteiger partial charge in [0.1, 0.15) is 5.82 Å². The minimum Gasteiger partial charge on any atom is -0.345 e. The average Bonchev–Trinajstić information content (AvgIpc) is 2.38. The molecule has 86 valence electrons. The summed E-state index contributed by atoms with van der Waals surface area (Å²) in [5, 5.41) is 0. The normalized spacial score (nSPS) is 23.2. The van der Waals surface area contributed by atoms with Gasteiger partial charge in [-0.25, -0.2) is 4.98 Å². The molecule has 2 atom stereocenters. The zero-order valence-electron chi connectivity index (χ0n) is 9.27. The molecule has 5 heteroatoms. The number of nitrogens with two attached hydrogens (primary N) is 1. The minimum atomic E-state index is 0.126. The molecule has 2 aromatic rings. The fourth-order valence-electron chi connectivity index (χ4n) is 2.19. The third-order valence-electron chi connectivity index (χ3n) is 3.02. The van der Waals surface area contributed by atoms with Crippen LogP contribution in [0, 0.1) is 0 Å². The number of hydrogen-bond donors (Lipinski definition) is 1. The molecule has 1 aliphatic rings. The second kappa shape index (κ2) is 4.10. The van der Waals surface area contributed by atoms with Crippen LogP contribution in [0.2, 0.25) is 0 Å². The molecule has 0 spiro atoms. The molecular weight excluding hydrogens is 214 g/mol. The molecule has 0 aromatic carbocycles. The van der Waals surface area contributed by atoms with Crippen LogP contribution >= 0.6 is 0 Å². The lowest BCUT2D eigenvalue weighted by Crippen LogP contribution is -2.58. The highest BCUT2D eigenvalue weighted by atomic mass is 15.3. The second-order valence-electron chi connectivity index (χ2n) is 4.11. The fraction of sp³-hybridized carbons (Fsp3) is 0.250. The number of anilines is 1. The quantitative estimate of drug-likeness (QED) is 0.820. The number of nitrogens with zero attached hydrogens (tertiary/aromatic N) is 4. The van der Waals surface area contributed by atoms with E-state index in [0.717, 1.165) is 17.9 Å². The predicted octanol–water partition coefficient (Wildman–Crippen LogP) is 0.760. The maximum atomic E-state index is 6.06. The minimum absolute atomic E-state index is 0.126. The molecule has 2 unspecified atom stereocenters. The summed E-state index contributed by atoms with van der Waals surface area (Å²) in [5.41, 5.74) is 7.19. The molecule has 2 aromatic heterocycles. The first-order valence-electron chi connectivity index (χ1n) is 5.54. The lowest BCUT2D eigenvalue weighted by molar-refractivity contribution is 0.386. The maximum absolute atomic E-state index is 6.06. The van der Waals surface area contributed by atoms with E-state index in [1.165, 1.54) is 0 Å². The summed E-state index contributed by atoms with van der Waals surface area (Å²) in [6, 6.07) is 4.25. The summed E-state index contributed by atoms with van der Waals surface area (Å²) in [6.45, 7) is 0.804. The van der Waals surface area contributed by atoms with Crippen molar-refractivity contribution in [2.24, 2.45) is 5.73 Å². The molecule has 0 aliphatic carbocycles. The van der Waals surface area contributed by atoms with Crippen LogP contribution in [0.5, 0.6) is 0 Å². The average molecular weight is 227 g/mol. The van der Waals surface area contributed by atoms with E-state index in [1.807, 2.05) is 18.3 Å². The van der Waals surface area contributed by atoms with Gasteiger partial charge < -0.3 is 10.6 Å². The van der Waals surface area contributed by atoms with Gasteiger partial charge in [0.15, 0.2) is 0 Å². The van der Waals surface area contributed by atoms with Gasteiger partial charge >= 0.3 is 0 Å². The summed E-state index contributed by atoms with van der Waals surface area (Å²) in [4.78, 5) is 14.7. The zero-order valence-corrected chi connectivity index (χ0v) is 9.27. The van der Waals surface area contributed by atoms with Crippen molar-refractivity contribution in [2.45, 2.75) is 12.1 Å². The Labute approximate surface area is 99.3 Å². The van der Waals surface area contributed by atoms with Gasteiger partial charge in [-0.15, -0.1) is 0 Å². The van der Waals surface area contributed by atoms with Crippen molar-refractivity contribution in [3.63, 3.8) is 0 Å². The van der Waals surface area contributed by atoms with Crippen LogP contribution in [0.3, 0.4) is 0 Å². The fourth-order valence-corrected chi connectivity index (χ4v) is 2.19. The lowest BCUT2D eigenvalue weighted by Gasteiger charge is -2.47. The Bertz CT molecular complexity index is 487. The Hall–Kier alpha value is -2.01. The first-order chi connectivity index (χ1) is 8.36. The van der Waals surface area contributed by atoms with Gasteiger partial charge in [-0.05, 0) is 11.6 Å². The summed E-state index contributed by atoms with van der Waals surface area (Å²) in [6.07, 6.45) is 8.74. The monoisotopic (exact) mass is 227 g/mol. The van der Waals surface area contributed by atoms with E-state index in [2.05, 4.69) is 19.9 Å². The standard InChI is InChI=1S/C12H13N5/c13-10-8-17(11-7-15-4-5-16-11)12(10)9-2-1-3-14-6-9/h1-7,10,12H,8,13H2. The largest absolute Gasteiger partial charge is 0.345 e. The van der Waals surface area contributed by atoms with Crippen molar-refractivity contribution in [1.82, 2.24) is 15.0 Å². The van der Waals surface area contributed by atoms with E-state index in [-0.39, 0.29) is 12.1 Å². The Kier molecular flexibility index (Phi) is 2.45. The second-order valence-corrected chi connectivity index (χ2v) is 4.11. The third-order valence-corrected chi connectivity index (χ3v) is 3.02. The van der Waals surface area contributed by atoms with Crippen molar-refractivity contribution in [2.75, 3.05) is 11.4 Å². The molecule has 0 amide bonds. The predicted molar refractivity (Wildman–Crippen MR) is 64.3 cm³/mol. The molecule has 5 nitrogen and oxygen atoms in total. The summed E-state index contributed by atoms with van der Waals surface area (Å²) in [5.74, 6) is 0.864. The highest BCUT2D eigenvalue weighted by Gasteiger charge is 2.38. The highest BCUT2D eigenvalue weighted by molar-refractivity contribution is 5.46. The third kappa shape index (κ3) is 1.74.